The van der Waals surface area contributed by atoms with Crippen molar-refractivity contribution in [2.45, 2.75) is 6.10 Å². The number of carbonyl (C=O) groups excluding carboxylic acids is 2. The Morgan fingerprint density at radius 1 is 1.25 bits per heavy atom. The number of rotatable bonds is 5. The number of para-hydroxylation sites is 2. The summed E-state index contributed by atoms with van der Waals surface area (Å²) in [6.45, 7) is -0.231. The van der Waals surface area contributed by atoms with Crippen LogP contribution in [0, 0.1) is 0 Å². The van der Waals surface area contributed by atoms with E-state index in [-0.39, 0.29) is 18.9 Å². The monoisotopic (exact) mass is 511 g/mol. The van der Waals surface area contributed by atoms with E-state index >= 15 is 0 Å². The second-order valence-corrected chi connectivity index (χ2v) is 7.47. The van der Waals surface area contributed by atoms with Crippen molar-refractivity contribution in [2.24, 2.45) is 5.10 Å². The molecule has 0 aliphatic carbocycles. The first kappa shape index (κ1) is 20.2. The molecule has 3 rings (SSSR count). The first-order chi connectivity index (χ1) is 13.4. The molecule has 1 aliphatic heterocycles. The zero-order valence-electron chi connectivity index (χ0n) is 14.3. The highest BCUT2D eigenvalue weighted by atomic mass is 79.9. The molecule has 1 heterocycles. The molecule has 0 saturated carbocycles. The van der Waals surface area contributed by atoms with Crippen LogP contribution in [0.15, 0.2) is 50.4 Å². The number of hydrogen-bond donors (Lipinski definition) is 3. The van der Waals surface area contributed by atoms with Gasteiger partial charge in [-0.15, -0.1) is 0 Å². The molecule has 3 N–H and O–H groups in total. The van der Waals surface area contributed by atoms with Crippen LogP contribution >= 0.6 is 31.9 Å². The number of aromatic hydroxyl groups is 1. The molecule has 0 aromatic heterocycles. The van der Waals surface area contributed by atoms with E-state index in [2.05, 4.69) is 47.7 Å². The highest BCUT2D eigenvalue weighted by Crippen LogP contribution is 2.31. The Balaban J connectivity index is 1.48. The van der Waals surface area contributed by atoms with Crippen LogP contribution < -0.4 is 20.2 Å². The predicted molar refractivity (Wildman–Crippen MR) is 109 cm³/mol. The van der Waals surface area contributed by atoms with Crippen molar-refractivity contribution in [1.82, 2.24) is 10.7 Å². The number of hydrazone groups is 1. The van der Waals surface area contributed by atoms with Gasteiger partial charge < -0.3 is 19.9 Å². The topological polar surface area (TPSA) is 109 Å². The van der Waals surface area contributed by atoms with Gasteiger partial charge in [0.1, 0.15) is 12.4 Å². The van der Waals surface area contributed by atoms with Gasteiger partial charge in [-0.2, -0.15) is 5.10 Å². The number of carbonyl (C=O) groups is 2. The SMILES string of the molecule is O=C(CNC(=O)[C@H]1COc2ccccc2O1)N/N=C\c1cc(Br)cc(Br)c1O. The summed E-state index contributed by atoms with van der Waals surface area (Å²) in [4.78, 5) is 24.0. The van der Waals surface area contributed by atoms with E-state index in [0.29, 0.717) is 21.5 Å². The fourth-order valence-corrected chi connectivity index (χ4v) is 3.59. The van der Waals surface area contributed by atoms with Gasteiger partial charge in [0.15, 0.2) is 11.5 Å². The fourth-order valence-electron chi connectivity index (χ4n) is 2.33. The summed E-state index contributed by atoms with van der Waals surface area (Å²) in [6.07, 6.45) is 0.446. The Morgan fingerprint density at radius 2 is 2.00 bits per heavy atom. The average molecular weight is 513 g/mol. The number of hydrogen-bond acceptors (Lipinski definition) is 6. The van der Waals surface area contributed by atoms with Gasteiger partial charge in [-0.1, -0.05) is 28.1 Å². The van der Waals surface area contributed by atoms with Gasteiger partial charge in [-0.3, -0.25) is 9.59 Å². The average Bonchev–Trinajstić information content (AvgIpc) is 2.69. The molecule has 0 radical (unpaired) electrons. The number of fused-ring (bicyclic) bond motifs is 1. The number of benzene rings is 2. The summed E-state index contributed by atoms with van der Waals surface area (Å²) in [6, 6.07) is 10.3. The van der Waals surface area contributed by atoms with Crippen molar-refractivity contribution in [1.29, 1.82) is 0 Å². The number of halogens is 2. The Hall–Kier alpha value is -2.59. The summed E-state index contributed by atoms with van der Waals surface area (Å²) in [5.74, 6) is 0.0331. The van der Waals surface area contributed by atoms with E-state index in [9.17, 15) is 14.7 Å². The molecule has 8 nitrogen and oxygen atoms in total. The van der Waals surface area contributed by atoms with Gasteiger partial charge in [0.25, 0.3) is 11.8 Å². The van der Waals surface area contributed by atoms with Crippen LogP contribution in [0.2, 0.25) is 0 Å². The highest BCUT2D eigenvalue weighted by molar-refractivity contribution is 9.11. The Kier molecular flexibility index (Phi) is 6.53. The van der Waals surface area contributed by atoms with Gasteiger partial charge in [-0.05, 0) is 40.2 Å². The summed E-state index contributed by atoms with van der Waals surface area (Å²) in [5.41, 5.74) is 2.67. The van der Waals surface area contributed by atoms with E-state index in [4.69, 9.17) is 9.47 Å². The van der Waals surface area contributed by atoms with Gasteiger partial charge in [0, 0.05) is 10.0 Å². The molecule has 0 bridgehead atoms. The van der Waals surface area contributed by atoms with Crippen LogP contribution in [0.25, 0.3) is 0 Å². The van der Waals surface area contributed by atoms with Crippen molar-refractivity contribution < 1.29 is 24.2 Å². The molecule has 1 aliphatic rings. The lowest BCUT2D eigenvalue weighted by molar-refractivity contribution is -0.132. The van der Waals surface area contributed by atoms with Crippen molar-refractivity contribution in [3.8, 4) is 17.2 Å². The number of ether oxygens (including phenoxy) is 2. The smallest absolute Gasteiger partial charge is 0.265 e. The third-order valence-corrected chi connectivity index (χ3v) is 4.74. The standard InChI is InChI=1S/C18H15Br2N3O5/c19-11-5-10(17(25)12(20)6-11)7-22-23-16(24)8-21-18(26)15-9-27-13-3-1-2-4-14(13)28-15/h1-7,15,25H,8-9H2,(H,21,26)(H,23,24)/b22-7-/t15-/m1/s1. The third-order valence-electron chi connectivity index (χ3n) is 3.67. The van der Waals surface area contributed by atoms with Gasteiger partial charge in [0.2, 0.25) is 6.10 Å². The minimum Gasteiger partial charge on any atom is -0.506 e. The first-order valence-corrected chi connectivity index (χ1v) is 9.69. The Bertz CT molecular complexity index is 935. The molecule has 0 fully saturated rings. The lowest BCUT2D eigenvalue weighted by Crippen LogP contribution is -2.46. The minimum atomic E-state index is -0.845. The van der Waals surface area contributed by atoms with Crippen molar-refractivity contribution >= 4 is 49.9 Å². The van der Waals surface area contributed by atoms with E-state index in [1.54, 1.807) is 36.4 Å². The zero-order chi connectivity index (χ0) is 20.1. The molecule has 2 aromatic carbocycles. The molecule has 10 heteroatoms. The molecule has 1 atom stereocenters. The van der Waals surface area contributed by atoms with Crippen molar-refractivity contribution in [3.63, 3.8) is 0 Å². The second-order valence-electron chi connectivity index (χ2n) is 5.70. The lowest BCUT2D eigenvalue weighted by atomic mass is 10.2. The van der Waals surface area contributed by atoms with Crippen LogP contribution in [0.3, 0.4) is 0 Å². The van der Waals surface area contributed by atoms with E-state index in [1.165, 1.54) is 6.21 Å². The largest absolute Gasteiger partial charge is 0.506 e. The van der Waals surface area contributed by atoms with E-state index in [1.807, 2.05) is 0 Å². The van der Waals surface area contributed by atoms with E-state index < -0.39 is 17.9 Å². The highest BCUT2D eigenvalue weighted by Gasteiger charge is 2.27. The molecule has 0 saturated heterocycles. The molecule has 2 aromatic rings. The van der Waals surface area contributed by atoms with Gasteiger partial charge in [-0.25, -0.2) is 5.43 Å². The zero-order valence-corrected chi connectivity index (χ0v) is 17.5. The minimum absolute atomic E-state index is 0.00997. The van der Waals surface area contributed by atoms with E-state index in [0.717, 1.165) is 4.47 Å². The van der Waals surface area contributed by atoms with Crippen LogP contribution in [0.1, 0.15) is 5.56 Å². The summed E-state index contributed by atoms with van der Waals surface area (Å²) >= 11 is 6.50. The van der Waals surface area contributed by atoms with Crippen LogP contribution in [0.4, 0.5) is 0 Å². The number of phenolic OH excluding ortho intramolecular Hbond substituents is 1. The van der Waals surface area contributed by atoms with Crippen LogP contribution in [-0.2, 0) is 9.59 Å². The predicted octanol–water partition coefficient (Wildman–Crippen LogP) is 2.32. The Morgan fingerprint density at radius 3 is 2.79 bits per heavy atom. The molecular weight excluding hydrogens is 498 g/mol. The quantitative estimate of drug-likeness (QED) is 0.421. The maximum atomic E-state index is 12.1. The fraction of sp³-hybridized carbons (Fsp3) is 0.167. The third kappa shape index (κ3) is 5.02. The summed E-state index contributed by atoms with van der Waals surface area (Å²) < 4.78 is 12.2. The molecule has 0 unspecified atom stereocenters. The second kappa shape index (κ2) is 9.07. The maximum Gasteiger partial charge on any atom is 0.265 e. The molecule has 146 valence electrons. The first-order valence-electron chi connectivity index (χ1n) is 8.10. The normalized spacial score (nSPS) is 15.3. The van der Waals surface area contributed by atoms with Gasteiger partial charge in [0.05, 0.1) is 17.2 Å². The van der Waals surface area contributed by atoms with Gasteiger partial charge >= 0.3 is 0 Å². The molecule has 28 heavy (non-hydrogen) atoms. The number of nitrogens with zero attached hydrogens (tertiary/aromatic N) is 1. The lowest BCUT2D eigenvalue weighted by Gasteiger charge is -2.25. The number of amides is 2. The van der Waals surface area contributed by atoms with Crippen molar-refractivity contribution in [3.05, 3.63) is 50.9 Å². The summed E-state index contributed by atoms with van der Waals surface area (Å²) in [5, 5.41) is 16.2. The molecule has 0 spiro atoms. The van der Waals surface area contributed by atoms with Crippen LogP contribution in [0.5, 0.6) is 17.2 Å². The molecule has 2 amide bonds. The number of phenols is 1. The van der Waals surface area contributed by atoms with Crippen LogP contribution in [-0.4, -0.2) is 42.4 Å². The Labute approximate surface area is 177 Å². The number of nitrogens with one attached hydrogen (secondary N) is 2. The molecular formula is C18H15Br2N3O5. The maximum absolute atomic E-state index is 12.1. The summed E-state index contributed by atoms with van der Waals surface area (Å²) in [7, 11) is 0. The van der Waals surface area contributed by atoms with Crippen molar-refractivity contribution in [2.75, 3.05) is 13.2 Å².